The van der Waals surface area contributed by atoms with Gasteiger partial charge >= 0.3 is 5.97 Å². The average molecular weight is 485 g/mol. The van der Waals surface area contributed by atoms with Crippen LogP contribution < -0.4 is 5.32 Å². The lowest BCUT2D eigenvalue weighted by molar-refractivity contribution is -0.120. The Morgan fingerprint density at radius 2 is 1.84 bits per heavy atom. The van der Waals surface area contributed by atoms with Crippen LogP contribution in [-0.4, -0.2) is 44.8 Å². The van der Waals surface area contributed by atoms with Gasteiger partial charge < -0.3 is 10.1 Å². The van der Waals surface area contributed by atoms with Crippen molar-refractivity contribution < 1.29 is 22.7 Å². The highest BCUT2D eigenvalue weighted by Gasteiger charge is 2.32. The number of methoxy groups -OCH3 is 1. The lowest BCUT2D eigenvalue weighted by Gasteiger charge is -2.31. The SMILES string of the molecule is COC(=O)c1ccc(NC(=O)[C@H]2CCCN(S(=O)(=O)Cc3ccc(Cl)c(Cl)c3)C2)cc1. The number of nitrogens with one attached hydrogen (secondary N) is 1. The molecule has 1 atom stereocenters. The normalized spacial score (nSPS) is 17.2. The number of hydrogen-bond donors (Lipinski definition) is 1. The van der Waals surface area contributed by atoms with Crippen molar-refractivity contribution in [1.82, 2.24) is 4.31 Å². The summed E-state index contributed by atoms with van der Waals surface area (Å²) in [5, 5.41) is 3.44. The van der Waals surface area contributed by atoms with Crippen LogP contribution in [0.25, 0.3) is 0 Å². The number of benzene rings is 2. The molecule has 3 rings (SSSR count). The van der Waals surface area contributed by atoms with E-state index in [2.05, 4.69) is 10.1 Å². The average Bonchev–Trinajstić information content (AvgIpc) is 2.76. The molecule has 166 valence electrons. The summed E-state index contributed by atoms with van der Waals surface area (Å²) >= 11 is 11.9. The molecule has 2 aromatic carbocycles. The van der Waals surface area contributed by atoms with E-state index in [-0.39, 0.29) is 18.2 Å². The molecule has 0 unspecified atom stereocenters. The van der Waals surface area contributed by atoms with Crippen molar-refractivity contribution in [2.24, 2.45) is 5.92 Å². The molecule has 1 aliphatic heterocycles. The van der Waals surface area contributed by atoms with Crippen molar-refractivity contribution in [2.75, 3.05) is 25.5 Å². The Balaban J connectivity index is 1.64. The van der Waals surface area contributed by atoms with E-state index >= 15 is 0 Å². The first kappa shape index (κ1) is 23.5. The van der Waals surface area contributed by atoms with Crippen LogP contribution in [0.1, 0.15) is 28.8 Å². The Morgan fingerprint density at radius 1 is 1.13 bits per heavy atom. The molecule has 0 spiro atoms. The standard InChI is InChI=1S/C21H22Cl2N2O5S/c1-30-21(27)15-5-7-17(8-6-15)24-20(26)16-3-2-10-25(12-16)31(28,29)13-14-4-9-18(22)19(23)11-14/h4-9,11,16H,2-3,10,12-13H2,1H3,(H,24,26)/t16-/m0/s1. The van der Waals surface area contributed by atoms with Crippen LogP contribution in [-0.2, 0) is 25.3 Å². The van der Waals surface area contributed by atoms with Gasteiger partial charge in [-0.05, 0) is 54.8 Å². The van der Waals surface area contributed by atoms with E-state index in [1.807, 2.05) is 0 Å². The highest BCUT2D eigenvalue weighted by molar-refractivity contribution is 7.88. The van der Waals surface area contributed by atoms with Crippen LogP contribution in [0.3, 0.4) is 0 Å². The van der Waals surface area contributed by atoms with Gasteiger partial charge in [0.15, 0.2) is 0 Å². The highest BCUT2D eigenvalue weighted by atomic mass is 35.5. The van der Waals surface area contributed by atoms with Gasteiger partial charge in [-0.3, -0.25) is 4.79 Å². The molecule has 0 bridgehead atoms. The van der Waals surface area contributed by atoms with Gasteiger partial charge in [-0.1, -0.05) is 29.3 Å². The first-order chi connectivity index (χ1) is 14.7. The predicted octanol–water partition coefficient (Wildman–Crippen LogP) is 3.96. The number of halogens is 2. The summed E-state index contributed by atoms with van der Waals surface area (Å²) < 4.78 is 31.8. The molecule has 1 N–H and O–H groups in total. The second-order valence-corrected chi connectivity index (χ2v) is 10.0. The number of rotatable bonds is 6. The molecule has 0 radical (unpaired) electrons. The van der Waals surface area contributed by atoms with Gasteiger partial charge in [-0.2, -0.15) is 0 Å². The topological polar surface area (TPSA) is 92.8 Å². The fourth-order valence-electron chi connectivity index (χ4n) is 3.39. The summed E-state index contributed by atoms with van der Waals surface area (Å²) in [6, 6.07) is 11.0. The minimum atomic E-state index is -3.62. The fraction of sp³-hybridized carbons (Fsp3) is 0.333. The molecule has 0 saturated carbocycles. The van der Waals surface area contributed by atoms with E-state index in [1.165, 1.54) is 17.5 Å². The van der Waals surface area contributed by atoms with Crippen LogP contribution in [0, 0.1) is 5.92 Å². The highest BCUT2D eigenvalue weighted by Crippen LogP contribution is 2.26. The second kappa shape index (κ2) is 9.99. The van der Waals surface area contributed by atoms with E-state index in [0.717, 1.165) is 0 Å². The number of esters is 1. The lowest BCUT2D eigenvalue weighted by Crippen LogP contribution is -2.44. The number of nitrogens with zero attached hydrogens (tertiary/aromatic N) is 1. The number of hydrogen-bond acceptors (Lipinski definition) is 5. The van der Waals surface area contributed by atoms with Crippen molar-refractivity contribution in [3.05, 3.63) is 63.6 Å². The summed E-state index contributed by atoms with van der Waals surface area (Å²) in [6.07, 6.45) is 1.17. The Labute approximate surface area is 191 Å². The smallest absolute Gasteiger partial charge is 0.337 e. The monoisotopic (exact) mass is 484 g/mol. The number of amides is 1. The molecule has 1 amide bonds. The minimum Gasteiger partial charge on any atom is -0.465 e. The number of piperidine rings is 1. The zero-order chi connectivity index (χ0) is 22.6. The first-order valence-corrected chi connectivity index (χ1v) is 12.0. The Morgan fingerprint density at radius 3 is 2.48 bits per heavy atom. The third-order valence-electron chi connectivity index (χ3n) is 5.05. The Hall–Kier alpha value is -2.13. The molecule has 0 aromatic heterocycles. The van der Waals surface area contributed by atoms with Crippen molar-refractivity contribution in [3.8, 4) is 0 Å². The van der Waals surface area contributed by atoms with Gasteiger partial charge in [0.25, 0.3) is 0 Å². The molecule has 1 heterocycles. The third kappa shape index (κ3) is 5.98. The molecule has 1 aliphatic rings. The molecule has 1 saturated heterocycles. The third-order valence-corrected chi connectivity index (χ3v) is 7.61. The number of carbonyl (C=O) groups excluding carboxylic acids is 2. The van der Waals surface area contributed by atoms with Gasteiger partial charge in [0.1, 0.15) is 0 Å². The zero-order valence-corrected chi connectivity index (χ0v) is 19.1. The molecule has 10 heteroatoms. The van der Waals surface area contributed by atoms with Crippen LogP contribution in [0.15, 0.2) is 42.5 Å². The van der Waals surface area contributed by atoms with Crippen LogP contribution in [0.2, 0.25) is 10.0 Å². The summed E-state index contributed by atoms with van der Waals surface area (Å²) in [6.45, 7) is 0.469. The van der Waals surface area contributed by atoms with E-state index in [9.17, 15) is 18.0 Å². The van der Waals surface area contributed by atoms with E-state index in [0.29, 0.717) is 46.2 Å². The maximum atomic E-state index is 12.9. The fourth-order valence-corrected chi connectivity index (χ4v) is 5.31. The lowest BCUT2D eigenvalue weighted by atomic mass is 9.98. The molecule has 7 nitrogen and oxygen atoms in total. The summed E-state index contributed by atoms with van der Waals surface area (Å²) in [5.74, 6) is -1.42. The first-order valence-electron chi connectivity index (χ1n) is 9.60. The van der Waals surface area contributed by atoms with Gasteiger partial charge in [0.05, 0.1) is 34.4 Å². The predicted molar refractivity (Wildman–Crippen MR) is 120 cm³/mol. The maximum absolute atomic E-state index is 12.9. The summed E-state index contributed by atoms with van der Waals surface area (Å²) in [4.78, 5) is 24.2. The summed E-state index contributed by atoms with van der Waals surface area (Å²) in [5.41, 5.74) is 1.43. The van der Waals surface area contributed by atoms with Crippen molar-refractivity contribution >= 4 is 50.8 Å². The summed E-state index contributed by atoms with van der Waals surface area (Å²) in [7, 11) is -2.33. The van der Waals surface area contributed by atoms with E-state index in [4.69, 9.17) is 23.2 Å². The largest absolute Gasteiger partial charge is 0.465 e. The molecule has 1 fully saturated rings. The molecular formula is C21H22Cl2N2O5S. The Bertz CT molecular complexity index is 1070. The van der Waals surface area contributed by atoms with Crippen LogP contribution in [0.4, 0.5) is 5.69 Å². The number of sulfonamides is 1. The molecule has 0 aliphatic carbocycles. The van der Waals surface area contributed by atoms with Gasteiger partial charge in [0.2, 0.25) is 15.9 Å². The van der Waals surface area contributed by atoms with Crippen molar-refractivity contribution in [3.63, 3.8) is 0 Å². The van der Waals surface area contributed by atoms with E-state index in [1.54, 1.807) is 36.4 Å². The van der Waals surface area contributed by atoms with Crippen molar-refractivity contribution in [1.29, 1.82) is 0 Å². The molecular weight excluding hydrogens is 463 g/mol. The van der Waals surface area contributed by atoms with Gasteiger partial charge in [-0.25, -0.2) is 17.5 Å². The molecule has 31 heavy (non-hydrogen) atoms. The van der Waals surface area contributed by atoms with Crippen LogP contribution in [0.5, 0.6) is 0 Å². The minimum absolute atomic E-state index is 0.107. The molecule has 2 aromatic rings. The number of ether oxygens (including phenoxy) is 1. The maximum Gasteiger partial charge on any atom is 0.337 e. The quantitative estimate of drug-likeness (QED) is 0.626. The number of carbonyl (C=O) groups is 2. The van der Waals surface area contributed by atoms with E-state index < -0.39 is 21.9 Å². The van der Waals surface area contributed by atoms with Crippen LogP contribution >= 0.6 is 23.2 Å². The number of anilines is 1. The zero-order valence-electron chi connectivity index (χ0n) is 16.8. The van der Waals surface area contributed by atoms with Gasteiger partial charge in [0, 0.05) is 18.8 Å². The second-order valence-electron chi connectivity index (χ2n) is 7.26. The Kier molecular flexibility index (Phi) is 7.59. The van der Waals surface area contributed by atoms with Gasteiger partial charge in [-0.15, -0.1) is 0 Å². The van der Waals surface area contributed by atoms with Crippen molar-refractivity contribution in [2.45, 2.75) is 18.6 Å².